The first kappa shape index (κ1) is 21.6. The summed E-state index contributed by atoms with van der Waals surface area (Å²) in [5.74, 6) is 1.32. The molecule has 0 aliphatic heterocycles. The van der Waals surface area contributed by atoms with Crippen LogP contribution in [0.25, 0.3) is 0 Å². The second-order valence-corrected chi connectivity index (χ2v) is 8.66. The van der Waals surface area contributed by atoms with Crippen molar-refractivity contribution in [2.75, 3.05) is 7.11 Å². The predicted molar refractivity (Wildman–Crippen MR) is 121 cm³/mol. The lowest BCUT2D eigenvalue weighted by Gasteiger charge is -2.35. The number of carbonyl (C=O) groups excluding carboxylic acids is 1. The minimum atomic E-state index is -0.805. The molecule has 0 bridgehead atoms. The molecule has 1 atom stereocenters. The monoisotopic (exact) mass is 456 g/mol. The van der Waals surface area contributed by atoms with E-state index in [0.717, 1.165) is 28.1 Å². The number of aryl methyl sites for hydroxylation is 2. The van der Waals surface area contributed by atoms with Gasteiger partial charge < -0.3 is 9.47 Å². The third kappa shape index (κ3) is 4.12. The van der Waals surface area contributed by atoms with Gasteiger partial charge >= 0.3 is 0 Å². The van der Waals surface area contributed by atoms with Crippen molar-refractivity contribution in [1.29, 1.82) is 0 Å². The number of hydrogen-bond acceptors (Lipinski definition) is 5. The van der Waals surface area contributed by atoms with E-state index in [0.29, 0.717) is 41.1 Å². The number of pyridine rings is 2. The van der Waals surface area contributed by atoms with Crippen LogP contribution in [0.2, 0.25) is 10.3 Å². The summed E-state index contributed by atoms with van der Waals surface area (Å²) in [6.45, 7) is 4.14. The molecule has 1 unspecified atom stereocenters. The molecule has 0 spiro atoms. The first-order valence-corrected chi connectivity index (χ1v) is 10.7. The molecule has 0 saturated heterocycles. The number of methoxy groups -OCH3 is 1. The van der Waals surface area contributed by atoms with Crippen molar-refractivity contribution in [3.8, 4) is 11.5 Å². The van der Waals surface area contributed by atoms with Gasteiger partial charge in [0.1, 0.15) is 28.4 Å². The molecule has 31 heavy (non-hydrogen) atoms. The molecule has 2 aromatic heterocycles. The smallest absolute Gasteiger partial charge is 0.175 e. The molecule has 1 aromatic carbocycles. The number of halogens is 2. The first-order chi connectivity index (χ1) is 14.8. The average Bonchev–Trinajstić information content (AvgIpc) is 2.75. The molecule has 1 aliphatic carbocycles. The van der Waals surface area contributed by atoms with E-state index in [-0.39, 0.29) is 5.78 Å². The minimum absolute atomic E-state index is 0.00571. The Morgan fingerprint density at radius 2 is 1.87 bits per heavy atom. The highest BCUT2D eigenvalue weighted by atomic mass is 35.5. The predicted octanol–water partition coefficient (Wildman–Crippen LogP) is 5.77. The van der Waals surface area contributed by atoms with E-state index < -0.39 is 5.41 Å². The molecule has 3 aromatic rings. The lowest BCUT2D eigenvalue weighted by Crippen LogP contribution is -2.39. The number of Topliss-reactive ketones (excluding diaryl/α,β-unsaturated/α-hetero) is 1. The Hall–Kier alpha value is -2.63. The van der Waals surface area contributed by atoms with Crippen molar-refractivity contribution >= 4 is 29.0 Å². The van der Waals surface area contributed by atoms with Gasteiger partial charge in [-0.25, -0.2) is 9.97 Å². The maximum Gasteiger partial charge on any atom is 0.175 e. The van der Waals surface area contributed by atoms with Crippen LogP contribution >= 0.6 is 23.2 Å². The highest BCUT2D eigenvalue weighted by Gasteiger charge is 2.43. The third-order valence-electron chi connectivity index (χ3n) is 5.83. The normalized spacial score (nSPS) is 17.9. The summed E-state index contributed by atoms with van der Waals surface area (Å²) in [5, 5.41) is 0.717. The lowest BCUT2D eigenvalue weighted by atomic mass is 9.68. The Balaban J connectivity index is 1.68. The summed E-state index contributed by atoms with van der Waals surface area (Å²) >= 11 is 12.3. The summed E-state index contributed by atoms with van der Waals surface area (Å²) < 4.78 is 11.3. The van der Waals surface area contributed by atoms with Crippen LogP contribution in [-0.2, 0) is 18.4 Å². The maximum absolute atomic E-state index is 13.6. The van der Waals surface area contributed by atoms with Crippen LogP contribution in [0.15, 0.2) is 42.6 Å². The highest BCUT2D eigenvalue weighted by Crippen LogP contribution is 2.43. The van der Waals surface area contributed by atoms with Crippen LogP contribution in [-0.4, -0.2) is 22.9 Å². The van der Waals surface area contributed by atoms with E-state index in [1.807, 2.05) is 38.1 Å². The number of aromatic nitrogens is 2. The summed E-state index contributed by atoms with van der Waals surface area (Å²) in [7, 11) is 1.63. The highest BCUT2D eigenvalue weighted by molar-refractivity contribution is 6.30. The number of fused-ring (bicyclic) bond motifs is 1. The van der Waals surface area contributed by atoms with Gasteiger partial charge in [0, 0.05) is 23.4 Å². The van der Waals surface area contributed by atoms with Crippen LogP contribution in [0, 0.1) is 6.92 Å². The summed E-state index contributed by atoms with van der Waals surface area (Å²) in [6, 6.07) is 11.0. The number of ketones is 1. The van der Waals surface area contributed by atoms with E-state index in [1.54, 1.807) is 25.4 Å². The van der Waals surface area contributed by atoms with Crippen LogP contribution in [0.5, 0.6) is 11.5 Å². The molecular formula is C24H22Cl2N2O3. The quantitative estimate of drug-likeness (QED) is 0.456. The molecule has 2 heterocycles. The van der Waals surface area contributed by atoms with Crippen LogP contribution in [0.3, 0.4) is 0 Å². The Bertz CT molecular complexity index is 1150. The van der Waals surface area contributed by atoms with Crippen LogP contribution < -0.4 is 9.47 Å². The van der Waals surface area contributed by atoms with Gasteiger partial charge in [-0.15, -0.1) is 0 Å². The zero-order valence-corrected chi connectivity index (χ0v) is 19.0. The number of nitrogens with zero attached hydrogens (tertiary/aromatic N) is 2. The van der Waals surface area contributed by atoms with E-state index in [1.165, 1.54) is 0 Å². The summed E-state index contributed by atoms with van der Waals surface area (Å²) in [6.07, 6.45) is 2.86. The van der Waals surface area contributed by atoms with Crippen LogP contribution in [0.1, 0.15) is 46.1 Å². The number of carbonyl (C=O) groups is 1. The molecule has 0 radical (unpaired) electrons. The molecule has 1 aliphatic rings. The number of rotatable bonds is 5. The zero-order chi connectivity index (χ0) is 22.2. The van der Waals surface area contributed by atoms with Crippen LogP contribution in [0.4, 0.5) is 0 Å². The van der Waals surface area contributed by atoms with Gasteiger partial charge in [0.2, 0.25) is 0 Å². The van der Waals surface area contributed by atoms with Gasteiger partial charge in [0.25, 0.3) is 0 Å². The van der Waals surface area contributed by atoms with Gasteiger partial charge in [0.05, 0.1) is 18.2 Å². The molecule has 4 rings (SSSR count). The molecule has 0 amide bonds. The minimum Gasteiger partial charge on any atom is -0.497 e. The lowest BCUT2D eigenvalue weighted by molar-refractivity contribution is 0.0869. The number of benzene rings is 1. The fourth-order valence-corrected chi connectivity index (χ4v) is 4.44. The molecule has 5 nitrogen and oxygen atoms in total. The molecule has 160 valence electrons. The van der Waals surface area contributed by atoms with E-state index in [2.05, 4.69) is 9.97 Å². The second-order valence-electron chi connectivity index (χ2n) is 7.88. The maximum atomic E-state index is 13.6. The largest absolute Gasteiger partial charge is 0.497 e. The topological polar surface area (TPSA) is 61.3 Å². The number of hydrogen-bond donors (Lipinski definition) is 0. The Labute approximate surface area is 191 Å². The van der Waals surface area contributed by atoms with Gasteiger partial charge in [-0.3, -0.25) is 4.79 Å². The van der Waals surface area contributed by atoms with Crippen molar-refractivity contribution < 1.29 is 14.3 Å². The molecule has 0 fully saturated rings. The fraction of sp³-hybridized carbons (Fsp3) is 0.292. The molecular weight excluding hydrogens is 435 g/mol. The van der Waals surface area contributed by atoms with E-state index in [4.69, 9.17) is 32.7 Å². The van der Waals surface area contributed by atoms with E-state index in [9.17, 15) is 4.79 Å². The van der Waals surface area contributed by atoms with Gasteiger partial charge in [-0.1, -0.05) is 35.3 Å². The second kappa shape index (κ2) is 8.48. The third-order valence-corrected chi connectivity index (χ3v) is 6.23. The Morgan fingerprint density at radius 1 is 1.13 bits per heavy atom. The van der Waals surface area contributed by atoms with Crippen molar-refractivity contribution in [3.63, 3.8) is 0 Å². The van der Waals surface area contributed by atoms with Gasteiger partial charge in [-0.2, -0.15) is 0 Å². The van der Waals surface area contributed by atoms with Crippen molar-refractivity contribution in [3.05, 3.63) is 80.8 Å². The van der Waals surface area contributed by atoms with Crippen molar-refractivity contribution in [2.24, 2.45) is 0 Å². The molecule has 0 N–H and O–H groups in total. The Morgan fingerprint density at radius 3 is 2.58 bits per heavy atom. The standard InChI is InChI=1S/C24H22Cl2N2O3/c1-14-10-21(26)28-18-8-9-24(2,23(29)22(14)18)17-12-27-20(25)11-19(17)31-13-15-4-6-16(30-3)7-5-15/h4-7,10-12H,8-9,13H2,1-3H3. The SMILES string of the molecule is COc1ccc(COc2cc(Cl)ncc2C2(C)CCc3nc(Cl)cc(C)c3C2=O)cc1. The van der Waals surface area contributed by atoms with Crippen molar-refractivity contribution in [2.45, 2.75) is 38.7 Å². The molecule has 7 heteroatoms. The number of ether oxygens (including phenoxy) is 2. The van der Waals surface area contributed by atoms with Gasteiger partial charge in [-0.05, 0) is 56.0 Å². The fourth-order valence-electron chi connectivity index (χ4n) is 4.03. The first-order valence-electron chi connectivity index (χ1n) is 9.94. The summed E-state index contributed by atoms with van der Waals surface area (Å²) in [5.41, 5.74) is 3.09. The molecule has 0 saturated carbocycles. The van der Waals surface area contributed by atoms with E-state index >= 15 is 0 Å². The van der Waals surface area contributed by atoms with Crippen molar-refractivity contribution in [1.82, 2.24) is 9.97 Å². The van der Waals surface area contributed by atoms with Gasteiger partial charge in [0.15, 0.2) is 5.78 Å². The summed E-state index contributed by atoms with van der Waals surface area (Å²) in [4.78, 5) is 22.3. The average molecular weight is 457 g/mol. The Kier molecular flexibility index (Phi) is 5.91. The zero-order valence-electron chi connectivity index (χ0n) is 17.5.